The third-order valence-electron chi connectivity index (χ3n) is 3.65. The van der Waals surface area contributed by atoms with E-state index in [1.165, 1.54) is 0 Å². The molecule has 94 valence electrons. The van der Waals surface area contributed by atoms with Crippen LogP contribution in [0, 0.1) is 27.7 Å². The minimum Gasteiger partial charge on any atom is -0.507 e. The summed E-state index contributed by atoms with van der Waals surface area (Å²) in [6.07, 6.45) is 0. The normalized spacial score (nSPS) is 10.7. The van der Waals surface area contributed by atoms with E-state index in [-0.39, 0.29) is 11.5 Å². The molecule has 18 heavy (non-hydrogen) atoms. The average Bonchev–Trinajstić information content (AvgIpc) is 2.36. The third kappa shape index (κ3) is 1.74. The van der Waals surface area contributed by atoms with Crippen LogP contribution in [0.25, 0.3) is 11.1 Å². The Hall–Kier alpha value is -1.96. The molecule has 2 heteroatoms. The molecule has 0 aliphatic rings. The smallest absolute Gasteiger partial charge is 0.130 e. The molecule has 0 saturated carbocycles. The largest absolute Gasteiger partial charge is 0.507 e. The predicted molar refractivity (Wildman–Crippen MR) is 74.2 cm³/mol. The number of benzene rings is 2. The summed E-state index contributed by atoms with van der Waals surface area (Å²) in [5.74, 6) is 0.354. The first-order valence-corrected chi connectivity index (χ1v) is 6.02. The lowest BCUT2D eigenvalue weighted by molar-refractivity contribution is 0.441. The summed E-state index contributed by atoms with van der Waals surface area (Å²) >= 11 is 0. The Morgan fingerprint density at radius 2 is 1.33 bits per heavy atom. The lowest BCUT2D eigenvalue weighted by Gasteiger charge is -2.17. The summed E-state index contributed by atoms with van der Waals surface area (Å²) in [4.78, 5) is 0. The highest BCUT2D eigenvalue weighted by molar-refractivity contribution is 5.80. The van der Waals surface area contributed by atoms with E-state index in [1.807, 2.05) is 45.0 Å². The van der Waals surface area contributed by atoms with E-state index >= 15 is 0 Å². The maximum atomic E-state index is 10.3. The quantitative estimate of drug-likeness (QED) is 0.793. The first-order chi connectivity index (χ1) is 8.45. The van der Waals surface area contributed by atoms with E-state index in [2.05, 4.69) is 0 Å². The molecule has 0 bridgehead atoms. The molecule has 0 spiro atoms. The van der Waals surface area contributed by atoms with Crippen molar-refractivity contribution in [1.29, 1.82) is 0 Å². The highest BCUT2D eigenvalue weighted by Gasteiger charge is 2.18. The van der Waals surface area contributed by atoms with Gasteiger partial charge >= 0.3 is 0 Å². The van der Waals surface area contributed by atoms with Crippen LogP contribution < -0.4 is 0 Å². The second-order valence-electron chi connectivity index (χ2n) is 4.76. The van der Waals surface area contributed by atoms with Gasteiger partial charge in [0.2, 0.25) is 0 Å². The molecule has 0 atom stereocenters. The van der Waals surface area contributed by atoms with Gasteiger partial charge in [0.25, 0.3) is 0 Å². The van der Waals surface area contributed by atoms with Crippen LogP contribution >= 0.6 is 0 Å². The van der Waals surface area contributed by atoms with E-state index in [0.717, 1.165) is 27.8 Å². The zero-order chi connectivity index (χ0) is 13.4. The van der Waals surface area contributed by atoms with Crippen molar-refractivity contribution in [3.63, 3.8) is 0 Å². The SMILES string of the molecule is Cc1ccccc1-c1c(C)c(C)c(O)c(C)c1O. The fourth-order valence-corrected chi connectivity index (χ4v) is 2.31. The summed E-state index contributed by atoms with van der Waals surface area (Å²) in [6.45, 7) is 7.56. The van der Waals surface area contributed by atoms with Gasteiger partial charge in [0.05, 0.1) is 0 Å². The fourth-order valence-electron chi connectivity index (χ4n) is 2.31. The molecule has 0 aliphatic carbocycles. The van der Waals surface area contributed by atoms with Crippen molar-refractivity contribution < 1.29 is 10.2 Å². The lowest BCUT2D eigenvalue weighted by atomic mass is 9.90. The second kappa shape index (κ2) is 4.37. The number of aryl methyl sites for hydroxylation is 1. The lowest BCUT2D eigenvalue weighted by Crippen LogP contribution is -1.94. The summed E-state index contributed by atoms with van der Waals surface area (Å²) in [7, 11) is 0. The van der Waals surface area contributed by atoms with Crippen molar-refractivity contribution in [2.45, 2.75) is 27.7 Å². The minimum atomic E-state index is 0.171. The molecule has 2 aromatic rings. The standard InChI is InChI=1S/C16H18O2/c1-9-7-5-6-8-13(9)14-10(2)11(3)15(17)12(4)16(14)18/h5-8,17-18H,1-4H3. The number of hydrogen-bond donors (Lipinski definition) is 2. The zero-order valence-corrected chi connectivity index (χ0v) is 11.2. The Kier molecular flexibility index (Phi) is 3.04. The number of phenols is 2. The summed E-state index contributed by atoms with van der Waals surface area (Å²) in [5, 5.41) is 20.3. The highest BCUT2D eigenvalue weighted by Crippen LogP contribution is 2.43. The maximum absolute atomic E-state index is 10.3. The van der Waals surface area contributed by atoms with Crippen LogP contribution in [0.2, 0.25) is 0 Å². The topological polar surface area (TPSA) is 40.5 Å². The van der Waals surface area contributed by atoms with Crippen LogP contribution in [0.4, 0.5) is 0 Å². The number of aromatic hydroxyl groups is 2. The van der Waals surface area contributed by atoms with E-state index in [0.29, 0.717) is 5.56 Å². The molecule has 2 N–H and O–H groups in total. The predicted octanol–water partition coefficient (Wildman–Crippen LogP) is 4.00. The van der Waals surface area contributed by atoms with Crippen LogP contribution in [0.3, 0.4) is 0 Å². The maximum Gasteiger partial charge on any atom is 0.130 e. The van der Waals surface area contributed by atoms with Gasteiger partial charge in [-0.25, -0.2) is 0 Å². The van der Waals surface area contributed by atoms with Gasteiger partial charge in [-0.3, -0.25) is 0 Å². The van der Waals surface area contributed by atoms with E-state index < -0.39 is 0 Å². The Labute approximate surface area is 108 Å². The molecule has 0 amide bonds. The van der Waals surface area contributed by atoms with Crippen molar-refractivity contribution in [1.82, 2.24) is 0 Å². The molecule has 2 rings (SSSR count). The van der Waals surface area contributed by atoms with Crippen LogP contribution in [0.5, 0.6) is 11.5 Å². The Balaban J connectivity index is 2.85. The molecule has 2 nitrogen and oxygen atoms in total. The summed E-state index contributed by atoms with van der Waals surface area (Å²) in [5.41, 5.74) is 5.23. The van der Waals surface area contributed by atoms with E-state index in [1.54, 1.807) is 6.92 Å². The van der Waals surface area contributed by atoms with E-state index in [9.17, 15) is 10.2 Å². The zero-order valence-electron chi connectivity index (χ0n) is 11.2. The van der Waals surface area contributed by atoms with Crippen LogP contribution in [0.1, 0.15) is 22.3 Å². The molecule has 0 heterocycles. The van der Waals surface area contributed by atoms with Crippen molar-refractivity contribution in [2.24, 2.45) is 0 Å². The molecule has 0 radical (unpaired) electrons. The van der Waals surface area contributed by atoms with Gasteiger partial charge in [0.15, 0.2) is 0 Å². The van der Waals surface area contributed by atoms with Gasteiger partial charge in [0.1, 0.15) is 11.5 Å². The molecule has 0 saturated heterocycles. The molecule has 0 aliphatic heterocycles. The molecule has 0 aromatic heterocycles. The van der Waals surface area contributed by atoms with Crippen LogP contribution in [0.15, 0.2) is 24.3 Å². The fraction of sp³-hybridized carbons (Fsp3) is 0.250. The van der Waals surface area contributed by atoms with Gasteiger partial charge in [-0.05, 0) is 49.9 Å². The molecule has 2 aromatic carbocycles. The Morgan fingerprint density at radius 1 is 0.722 bits per heavy atom. The molecule has 0 unspecified atom stereocenters. The van der Waals surface area contributed by atoms with Crippen molar-refractivity contribution >= 4 is 0 Å². The molecule has 0 fully saturated rings. The first kappa shape index (κ1) is 12.5. The summed E-state index contributed by atoms with van der Waals surface area (Å²) < 4.78 is 0. The highest BCUT2D eigenvalue weighted by atomic mass is 16.3. The van der Waals surface area contributed by atoms with Gasteiger partial charge < -0.3 is 10.2 Å². The molecular weight excluding hydrogens is 224 g/mol. The van der Waals surface area contributed by atoms with Crippen molar-refractivity contribution in [2.75, 3.05) is 0 Å². The summed E-state index contributed by atoms with van der Waals surface area (Å²) in [6, 6.07) is 7.95. The molecular formula is C16H18O2. The Bertz CT molecular complexity index is 584. The second-order valence-corrected chi connectivity index (χ2v) is 4.76. The van der Waals surface area contributed by atoms with E-state index in [4.69, 9.17) is 0 Å². The number of rotatable bonds is 1. The van der Waals surface area contributed by atoms with Gasteiger partial charge in [-0.2, -0.15) is 0 Å². The average molecular weight is 242 g/mol. The number of phenolic OH excluding ortho intramolecular Hbond substituents is 2. The number of hydrogen-bond acceptors (Lipinski definition) is 2. The van der Waals surface area contributed by atoms with Crippen LogP contribution in [-0.2, 0) is 0 Å². The van der Waals surface area contributed by atoms with Gasteiger partial charge in [-0.15, -0.1) is 0 Å². The Morgan fingerprint density at radius 3 is 1.94 bits per heavy atom. The van der Waals surface area contributed by atoms with Crippen molar-refractivity contribution in [3.05, 3.63) is 46.5 Å². The van der Waals surface area contributed by atoms with Gasteiger partial charge in [-0.1, -0.05) is 24.3 Å². The minimum absolute atomic E-state index is 0.171. The first-order valence-electron chi connectivity index (χ1n) is 6.02. The van der Waals surface area contributed by atoms with Crippen LogP contribution in [-0.4, -0.2) is 10.2 Å². The monoisotopic (exact) mass is 242 g/mol. The third-order valence-corrected chi connectivity index (χ3v) is 3.65. The van der Waals surface area contributed by atoms with Crippen molar-refractivity contribution in [3.8, 4) is 22.6 Å². The van der Waals surface area contributed by atoms with Gasteiger partial charge in [0, 0.05) is 11.1 Å².